The van der Waals surface area contributed by atoms with Crippen molar-refractivity contribution in [3.63, 3.8) is 0 Å². The SMILES string of the molecule is CC1CCN(c2ncnc(OC3CC(C(F)(F)F)=NN3C)c2[N+](=O)[O-])CC1. The molecule has 2 aliphatic heterocycles. The molecule has 1 aromatic heterocycles. The van der Waals surface area contributed by atoms with Crippen molar-refractivity contribution >= 4 is 17.2 Å². The topological polar surface area (TPSA) is 97.0 Å². The molecule has 0 bridgehead atoms. The van der Waals surface area contributed by atoms with Crippen molar-refractivity contribution in [2.24, 2.45) is 11.0 Å². The van der Waals surface area contributed by atoms with Crippen LogP contribution in [-0.2, 0) is 0 Å². The van der Waals surface area contributed by atoms with E-state index in [0.29, 0.717) is 19.0 Å². The number of hydrazone groups is 1. The van der Waals surface area contributed by atoms with Gasteiger partial charge >= 0.3 is 17.7 Å². The molecule has 3 rings (SSSR count). The summed E-state index contributed by atoms with van der Waals surface area (Å²) < 4.78 is 44.0. The van der Waals surface area contributed by atoms with Gasteiger partial charge in [0, 0.05) is 20.1 Å². The van der Waals surface area contributed by atoms with E-state index in [0.717, 1.165) is 24.2 Å². The number of hydrogen-bond donors (Lipinski definition) is 0. The van der Waals surface area contributed by atoms with E-state index >= 15 is 0 Å². The molecule has 12 heteroatoms. The molecule has 0 amide bonds. The van der Waals surface area contributed by atoms with Crippen LogP contribution in [0.5, 0.6) is 5.88 Å². The van der Waals surface area contributed by atoms with Gasteiger partial charge in [0.1, 0.15) is 12.0 Å². The zero-order chi connectivity index (χ0) is 19.8. The Labute approximate surface area is 153 Å². The molecular weight excluding hydrogens is 369 g/mol. The number of halogens is 3. The van der Waals surface area contributed by atoms with Gasteiger partial charge in [-0.25, -0.2) is 4.98 Å². The Kier molecular flexibility index (Phi) is 5.07. The molecule has 2 aliphatic rings. The van der Waals surface area contributed by atoms with E-state index < -0.39 is 35.1 Å². The van der Waals surface area contributed by atoms with Gasteiger partial charge in [0.15, 0.2) is 6.23 Å². The van der Waals surface area contributed by atoms with Crippen LogP contribution >= 0.6 is 0 Å². The van der Waals surface area contributed by atoms with Gasteiger partial charge in [-0.3, -0.25) is 15.1 Å². The van der Waals surface area contributed by atoms with E-state index in [1.165, 1.54) is 7.05 Å². The van der Waals surface area contributed by atoms with Gasteiger partial charge in [-0.1, -0.05) is 6.92 Å². The normalized spacial score (nSPS) is 21.4. The predicted molar refractivity (Wildman–Crippen MR) is 89.6 cm³/mol. The second-order valence-electron chi connectivity index (χ2n) is 6.67. The summed E-state index contributed by atoms with van der Waals surface area (Å²) in [5, 5.41) is 16.0. The van der Waals surface area contributed by atoms with Crippen LogP contribution < -0.4 is 9.64 Å². The van der Waals surface area contributed by atoms with Crippen molar-refractivity contribution in [1.82, 2.24) is 15.0 Å². The molecule has 1 atom stereocenters. The summed E-state index contributed by atoms with van der Waals surface area (Å²) >= 11 is 0. The number of ether oxygens (including phenoxy) is 1. The molecule has 9 nitrogen and oxygen atoms in total. The summed E-state index contributed by atoms with van der Waals surface area (Å²) in [6.45, 7) is 3.31. The maximum Gasteiger partial charge on any atom is 0.431 e. The summed E-state index contributed by atoms with van der Waals surface area (Å²) in [4.78, 5) is 20.6. The summed E-state index contributed by atoms with van der Waals surface area (Å²) in [7, 11) is 1.31. The van der Waals surface area contributed by atoms with E-state index in [1.807, 2.05) is 0 Å². The molecule has 0 spiro atoms. The Hall–Kier alpha value is -2.66. The smallest absolute Gasteiger partial charge is 0.431 e. The van der Waals surface area contributed by atoms with Gasteiger partial charge in [-0.05, 0) is 18.8 Å². The molecule has 1 saturated heterocycles. The van der Waals surface area contributed by atoms with Crippen LogP contribution in [0, 0.1) is 16.0 Å². The highest BCUT2D eigenvalue weighted by molar-refractivity contribution is 5.91. The number of alkyl halides is 3. The van der Waals surface area contributed by atoms with E-state index in [1.54, 1.807) is 4.90 Å². The zero-order valence-electron chi connectivity index (χ0n) is 14.8. The van der Waals surface area contributed by atoms with Gasteiger partial charge < -0.3 is 9.64 Å². The first kappa shape index (κ1) is 19.1. The standard InChI is InChI=1S/C15H19F3N6O3/c1-9-3-5-23(6-4-9)13-12(24(25)26)14(20-8-19-13)27-11-7-10(15(16,17)18)21-22(11)2/h8-9,11H,3-7H2,1-2H3. The van der Waals surface area contributed by atoms with Crippen molar-refractivity contribution in [3.8, 4) is 5.88 Å². The molecule has 27 heavy (non-hydrogen) atoms. The molecule has 1 fully saturated rings. The molecule has 0 saturated carbocycles. The van der Waals surface area contributed by atoms with Crippen molar-refractivity contribution in [3.05, 3.63) is 16.4 Å². The summed E-state index contributed by atoms with van der Waals surface area (Å²) in [6, 6.07) is 0. The highest BCUT2D eigenvalue weighted by atomic mass is 19.4. The average Bonchev–Trinajstić information content (AvgIpc) is 2.96. The number of anilines is 1. The second-order valence-corrected chi connectivity index (χ2v) is 6.67. The number of piperidine rings is 1. The monoisotopic (exact) mass is 388 g/mol. The fourth-order valence-electron chi connectivity index (χ4n) is 3.06. The minimum absolute atomic E-state index is 0.120. The van der Waals surface area contributed by atoms with E-state index in [-0.39, 0.29) is 11.7 Å². The van der Waals surface area contributed by atoms with Gasteiger partial charge in [-0.2, -0.15) is 23.3 Å². The number of nitrogens with zero attached hydrogens (tertiary/aromatic N) is 6. The molecule has 3 heterocycles. The Morgan fingerprint density at radius 3 is 2.52 bits per heavy atom. The van der Waals surface area contributed by atoms with Gasteiger partial charge in [0.2, 0.25) is 5.82 Å². The molecule has 0 radical (unpaired) electrons. The first-order valence-electron chi connectivity index (χ1n) is 8.45. The third kappa shape index (κ3) is 4.03. The first-order chi connectivity index (χ1) is 12.7. The molecule has 1 unspecified atom stereocenters. The lowest BCUT2D eigenvalue weighted by Crippen LogP contribution is -2.34. The molecular formula is C15H19F3N6O3. The Morgan fingerprint density at radius 1 is 1.30 bits per heavy atom. The van der Waals surface area contributed by atoms with Crippen molar-refractivity contribution in [1.29, 1.82) is 0 Å². The molecule has 1 aromatic rings. The second kappa shape index (κ2) is 7.16. The zero-order valence-corrected chi connectivity index (χ0v) is 14.8. The fourth-order valence-corrected chi connectivity index (χ4v) is 3.06. The van der Waals surface area contributed by atoms with Crippen LogP contribution in [0.4, 0.5) is 24.7 Å². The van der Waals surface area contributed by atoms with Gasteiger partial charge in [0.25, 0.3) is 0 Å². The number of aromatic nitrogens is 2. The van der Waals surface area contributed by atoms with E-state index in [4.69, 9.17) is 4.74 Å². The van der Waals surface area contributed by atoms with E-state index in [2.05, 4.69) is 22.0 Å². The highest BCUT2D eigenvalue weighted by Crippen LogP contribution is 2.37. The minimum atomic E-state index is -4.58. The highest BCUT2D eigenvalue weighted by Gasteiger charge is 2.43. The first-order valence-corrected chi connectivity index (χ1v) is 8.45. The van der Waals surface area contributed by atoms with Crippen LogP contribution in [0.15, 0.2) is 11.4 Å². The van der Waals surface area contributed by atoms with Crippen LogP contribution in [0.25, 0.3) is 0 Å². The molecule has 0 aliphatic carbocycles. The molecule has 0 N–H and O–H groups in total. The quantitative estimate of drug-likeness (QED) is 0.578. The average molecular weight is 388 g/mol. The summed E-state index contributed by atoms with van der Waals surface area (Å²) in [5.74, 6) is 0.275. The summed E-state index contributed by atoms with van der Waals surface area (Å²) in [6.07, 6.45) is -3.41. The van der Waals surface area contributed by atoms with Gasteiger partial charge in [0.05, 0.1) is 11.3 Å². The summed E-state index contributed by atoms with van der Waals surface area (Å²) in [5.41, 5.74) is -1.45. The van der Waals surface area contributed by atoms with Crippen molar-refractivity contribution < 1.29 is 22.8 Å². The molecule has 0 aromatic carbocycles. The van der Waals surface area contributed by atoms with Crippen molar-refractivity contribution in [2.45, 2.75) is 38.6 Å². The largest absolute Gasteiger partial charge is 0.447 e. The van der Waals surface area contributed by atoms with Crippen LogP contribution in [-0.4, -0.2) is 58.2 Å². The lowest BCUT2D eigenvalue weighted by Gasteiger charge is -2.30. The third-order valence-corrected chi connectivity index (χ3v) is 4.67. The third-order valence-electron chi connectivity index (χ3n) is 4.67. The number of hydrogen-bond acceptors (Lipinski definition) is 8. The Balaban J connectivity index is 1.84. The maximum absolute atomic E-state index is 12.8. The van der Waals surface area contributed by atoms with Crippen molar-refractivity contribution in [2.75, 3.05) is 25.0 Å². The fraction of sp³-hybridized carbons (Fsp3) is 0.667. The number of nitro groups is 1. The van der Waals surface area contributed by atoms with Crippen LogP contribution in [0.3, 0.4) is 0 Å². The Morgan fingerprint density at radius 2 is 1.96 bits per heavy atom. The van der Waals surface area contributed by atoms with Crippen LogP contribution in [0.2, 0.25) is 0 Å². The predicted octanol–water partition coefficient (Wildman–Crippen LogP) is 2.58. The molecule has 148 valence electrons. The lowest BCUT2D eigenvalue weighted by molar-refractivity contribution is -0.386. The maximum atomic E-state index is 12.8. The lowest BCUT2D eigenvalue weighted by atomic mass is 9.99. The minimum Gasteiger partial charge on any atom is -0.447 e. The van der Waals surface area contributed by atoms with Gasteiger partial charge in [-0.15, -0.1) is 0 Å². The van der Waals surface area contributed by atoms with Crippen LogP contribution in [0.1, 0.15) is 26.2 Å². The van der Waals surface area contributed by atoms with E-state index in [9.17, 15) is 23.3 Å². The number of rotatable bonds is 4. The Bertz CT molecular complexity index is 749.